The van der Waals surface area contributed by atoms with Crippen molar-refractivity contribution in [1.82, 2.24) is 4.98 Å². The predicted molar refractivity (Wildman–Crippen MR) is 94.3 cm³/mol. The molecule has 0 radical (unpaired) electrons. The minimum absolute atomic E-state index is 0.363. The van der Waals surface area contributed by atoms with Crippen molar-refractivity contribution in [2.75, 3.05) is 5.43 Å². The van der Waals surface area contributed by atoms with E-state index < -0.39 is 11.7 Å². The standard InChI is InChI=1S/C19H14F3N3/c20-19(21,22)15-8-9-17-16(13-15)18(10-12-23-17)25-24-11-4-7-14-5-2-1-3-6-14/h1-13H,(H,23,25)/b7-4+,24-11+. The molecule has 0 bridgehead atoms. The highest BCUT2D eigenvalue weighted by atomic mass is 19.4. The van der Waals surface area contributed by atoms with E-state index in [0.29, 0.717) is 16.6 Å². The Morgan fingerprint density at radius 2 is 1.80 bits per heavy atom. The third-order valence-corrected chi connectivity index (χ3v) is 3.50. The summed E-state index contributed by atoms with van der Waals surface area (Å²) in [6.07, 6.45) is 2.27. The number of nitrogens with one attached hydrogen (secondary N) is 1. The lowest BCUT2D eigenvalue weighted by atomic mass is 10.1. The fraction of sp³-hybridized carbons (Fsp3) is 0.0526. The summed E-state index contributed by atoms with van der Waals surface area (Å²) in [5, 5.41) is 4.39. The van der Waals surface area contributed by atoms with Crippen LogP contribution in [-0.2, 0) is 6.18 Å². The van der Waals surface area contributed by atoms with Crippen molar-refractivity contribution in [1.29, 1.82) is 0 Å². The molecule has 3 rings (SSSR count). The first-order chi connectivity index (χ1) is 12.0. The molecule has 25 heavy (non-hydrogen) atoms. The molecular weight excluding hydrogens is 327 g/mol. The van der Waals surface area contributed by atoms with Crippen LogP contribution in [0.2, 0.25) is 0 Å². The average Bonchev–Trinajstić information content (AvgIpc) is 2.61. The van der Waals surface area contributed by atoms with Crippen molar-refractivity contribution < 1.29 is 13.2 Å². The van der Waals surface area contributed by atoms with Gasteiger partial charge in [-0.2, -0.15) is 18.3 Å². The Morgan fingerprint density at radius 3 is 2.56 bits per heavy atom. The maximum absolute atomic E-state index is 12.9. The Morgan fingerprint density at radius 1 is 1.00 bits per heavy atom. The van der Waals surface area contributed by atoms with Crippen LogP contribution < -0.4 is 5.43 Å². The second kappa shape index (κ2) is 7.17. The number of hydrogen-bond donors (Lipinski definition) is 1. The molecule has 0 aliphatic carbocycles. The molecule has 2 aromatic carbocycles. The van der Waals surface area contributed by atoms with Gasteiger partial charge in [0.1, 0.15) is 0 Å². The lowest BCUT2D eigenvalue weighted by Gasteiger charge is -2.09. The summed E-state index contributed by atoms with van der Waals surface area (Å²) in [6, 6.07) is 14.7. The number of aromatic nitrogens is 1. The summed E-state index contributed by atoms with van der Waals surface area (Å²) in [5.74, 6) is 0. The molecule has 3 aromatic rings. The minimum atomic E-state index is -4.40. The fourth-order valence-electron chi connectivity index (χ4n) is 2.29. The van der Waals surface area contributed by atoms with Crippen LogP contribution in [0.4, 0.5) is 18.9 Å². The van der Waals surface area contributed by atoms with Crippen LogP contribution >= 0.6 is 0 Å². The number of fused-ring (bicyclic) bond motifs is 1. The van der Waals surface area contributed by atoms with Crippen molar-refractivity contribution in [2.45, 2.75) is 6.18 Å². The van der Waals surface area contributed by atoms with E-state index in [9.17, 15) is 13.2 Å². The molecule has 0 saturated heterocycles. The van der Waals surface area contributed by atoms with Gasteiger partial charge in [-0.3, -0.25) is 10.4 Å². The number of pyridine rings is 1. The van der Waals surface area contributed by atoms with Crippen LogP contribution in [0.3, 0.4) is 0 Å². The van der Waals surface area contributed by atoms with Gasteiger partial charge in [0.15, 0.2) is 0 Å². The minimum Gasteiger partial charge on any atom is -0.278 e. The Balaban J connectivity index is 1.79. The fourth-order valence-corrected chi connectivity index (χ4v) is 2.29. The third-order valence-electron chi connectivity index (χ3n) is 3.50. The monoisotopic (exact) mass is 341 g/mol. The molecule has 0 spiro atoms. The Labute approximate surface area is 142 Å². The number of rotatable bonds is 4. The van der Waals surface area contributed by atoms with Crippen molar-refractivity contribution in [3.05, 3.63) is 78.0 Å². The van der Waals surface area contributed by atoms with Gasteiger partial charge in [-0.1, -0.05) is 36.4 Å². The van der Waals surface area contributed by atoms with Gasteiger partial charge in [0.2, 0.25) is 0 Å². The van der Waals surface area contributed by atoms with E-state index in [1.165, 1.54) is 18.5 Å². The zero-order valence-corrected chi connectivity index (χ0v) is 13.0. The zero-order valence-electron chi connectivity index (χ0n) is 13.0. The summed E-state index contributed by atoms with van der Waals surface area (Å²) in [4.78, 5) is 4.08. The number of halogens is 3. The SMILES string of the molecule is FC(F)(F)c1ccc2nccc(N/N=C/C=C/c3ccccc3)c2c1. The first-order valence-corrected chi connectivity index (χ1v) is 7.51. The summed E-state index contributed by atoms with van der Waals surface area (Å²) >= 11 is 0. The number of hydrogen-bond acceptors (Lipinski definition) is 3. The maximum Gasteiger partial charge on any atom is 0.416 e. The number of benzene rings is 2. The van der Waals surface area contributed by atoms with E-state index in [-0.39, 0.29) is 0 Å². The molecule has 1 heterocycles. The summed E-state index contributed by atoms with van der Waals surface area (Å²) < 4.78 is 38.6. The van der Waals surface area contributed by atoms with Crippen LogP contribution in [0.15, 0.2) is 72.0 Å². The molecule has 0 aliphatic heterocycles. The van der Waals surface area contributed by atoms with Crippen LogP contribution in [0.5, 0.6) is 0 Å². The van der Waals surface area contributed by atoms with Crippen molar-refractivity contribution in [3.8, 4) is 0 Å². The molecule has 0 unspecified atom stereocenters. The van der Waals surface area contributed by atoms with Crippen LogP contribution in [-0.4, -0.2) is 11.2 Å². The van der Waals surface area contributed by atoms with E-state index >= 15 is 0 Å². The van der Waals surface area contributed by atoms with Crippen LogP contribution in [0, 0.1) is 0 Å². The summed E-state index contributed by atoms with van der Waals surface area (Å²) in [6.45, 7) is 0. The molecule has 0 aliphatic rings. The quantitative estimate of drug-likeness (QED) is 0.512. The lowest BCUT2D eigenvalue weighted by molar-refractivity contribution is -0.137. The van der Waals surface area contributed by atoms with Gasteiger partial charge < -0.3 is 0 Å². The topological polar surface area (TPSA) is 37.3 Å². The number of alkyl halides is 3. The second-order valence-electron chi connectivity index (χ2n) is 5.25. The Bertz CT molecular complexity index is 916. The zero-order chi connectivity index (χ0) is 17.7. The molecule has 0 amide bonds. The van der Waals surface area contributed by atoms with Gasteiger partial charge in [-0.05, 0) is 35.9 Å². The maximum atomic E-state index is 12.9. The Kier molecular flexibility index (Phi) is 4.79. The highest BCUT2D eigenvalue weighted by Gasteiger charge is 2.30. The van der Waals surface area contributed by atoms with Crippen molar-refractivity contribution in [3.63, 3.8) is 0 Å². The first-order valence-electron chi connectivity index (χ1n) is 7.51. The number of allylic oxidation sites excluding steroid dienone is 1. The van der Waals surface area contributed by atoms with Gasteiger partial charge in [-0.15, -0.1) is 0 Å². The van der Waals surface area contributed by atoms with Gasteiger partial charge in [-0.25, -0.2) is 0 Å². The van der Waals surface area contributed by atoms with Gasteiger partial charge >= 0.3 is 6.18 Å². The molecule has 1 N–H and O–H groups in total. The van der Waals surface area contributed by atoms with Gasteiger partial charge in [0.05, 0.1) is 16.8 Å². The van der Waals surface area contributed by atoms with Crippen molar-refractivity contribution in [2.24, 2.45) is 5.10 Å². The van der Waals surface area contributed by atoms with Crippen LogP contribution in [0.1, 0.15) is 11.1 Å². The normalized spacial score (nSPS) is 12.3. The van der Waals surface area contributed by atoms with Gasteiger partial charge in [0.25, 0.3) is 0 Å². The summed E-state index contributed by atoms with van der Waals surface area (Å²) in [7, 11) is 0. The smallest absolute Gasteiger partial charge is 0.278 e. The molecular formula is C19H14F3N3. The molecule has 1 aromatic heterocycles. The number of hydrazone groups is 1. The molecule has 0 fully saturated rings. The van der Waals surface area contributed by atoms with E-state index in [4.69, 9.17) is 0 Å². The van der Waals surface area contributed by atoms with E-state index in [2.05, 4.69) is 15.5 Å². The highest BCUT2D eigenvalue weighted by Crippen LogP contribution is 2.33. The number of anilines is 1. The largest absolute Gasteiger partial charge is 0.416 e. The molecule has 3 nitrogen and oxygen atoms in total. The molecule has 0 saturated carbocycles. The highest BCUT2D eigenvalue weighted by molar-refractivity contribution is 5.92. The van der Waals surface area contributed by atoms with E-state index in [1.807, 2.05) is 36.4 Å². The molecule has 6 heteroatoms. The van der Waals surface area contributed by atoms with Crippen molar-refractivity contribution >= 4 is 28.9 Å². The predicted octanol–water partition coefficient (Wildman–Crippen LogP) is 5.36. The molecule has 126 valence electrons. The van der Waals surface area contributed by atoms with Gasteiger partial charge in [0, 0.05) is 17.8 Å². The second-order valence-corrected chi connectivity index (χ2v) is 5.25. The third kappa shape index (κ3) is 4.23. The summed E-state index contributed by atoms with van der Waals surface area (Å²) in [5.41, 5.74) is 4.00. The van der Waals surface area contributed by atoms with Crippen LogP contribution in [0.25, 0.3) is 17.0 Å². The average molecular weight is 341 g/mol. The first kappa shape index (κ1) is 16.7. The number of nitrogens with zero attached hydrogens (tertiary/aromatic N) is 2. The van der Waals surface area contributed by atoms with E-state index in [0.717, 1.165) is 17.7 Å². The molecule has 0 atom stereocenters. The van der Waals surface area contributed by atoms with E-state index in [1.54, 1.807) is 12.1 Å². The lowest BCUT2D eigenvalue weighted by Crippen LogP contribution is -2.04. The Hall–Kier alpha value is -3.15.